The van der Waals surface area contributed by atoms with E-state index in [4.69, 9.17) is 0 Å². The van der Waals surface area contributed by atoms with Crippen LogP contribution in [0.4, 0.5) is 0 Å². The summed E-state index contributed by atoms with van der Waals surface area (Å²) < 4.78 is 0. The Morgan fingerprint density at radius 2 is 1.12 bits per heavy atom. The molecule has 0 spiro atoms. The van der Waals surface area contributed by atoms with Crippen LogP contribution in [-0.4, -0.2) is 5.11 Å². The average molecular weight is 397 g/mol. The summed E-state index contributed by atoms with van der Waals surface area (Å²) in [5.41, 5.74) is 1.27. The molecule has 1 rings (SSSR count). The lowest BCUT2D eigenvalue weighted by atomic mass is 10.0. The maximum Gasteiger partial charge on any atom is 0.115 e. The molecule has 1 unspecified atom stereocenters. The monoisotopic (exact) mass is 396 g/mol. The second-order valence-corrected chi connectivity index (χ2v) is 8.20. The zero-order chi connectivity index (χ0) is 17.5. The fourth-order valence-electron chi connectivity index (χ4n) is 3.19. The fraction of sp³-hybridized carbons (Fsp3) is 0.727. The fourth-order valence-corrected chi connectivity index (χ4v) is 3.82. The first kappa shape index (κ1) is 21.5. The van der Waals surface area contributed by atoms with Crippen LogP contribution in [0.25, 0.3) is 0 Å². The van der Waals surface area contributed by atoms with Crippen LogP contribution in [-0.2, 0) is 0 Å². The summed E-state index contributed by atoms with van der Waals surface area (Å²) in [4.78, 5) is 0.422. The summed E-state index contributed by atoms with van der Waals surface area (Å²) >= 11 is 3.76. The molecule has 1 nitrogen and oxygen atoms in total. The van der Waals surface area contributed by atoms with Crippen LogP contribution in [0.1, 0.15) is 107 Å². The molecule has 0 heterocycles. The van der Waals surface area contributed by atoms with Crippen molar-refractivity contribution in [2.75, 3.05) is 0 Å². The van der Waals surface area contributed by atoms with Gasteiger partial charge in [-0.25, -0.2) is 0 Å². The Hall–Kier alpha value is -0.500. The molecule has 0 aliphatic carbocycles. The summed E-state index contributed by atoms with van der Waals surface area (Å²) in [5.74, 6) is 0.347. The summed E-state index contributed by atoms with van der Waals surface area (Å²) in [6.07, 6.45) is 19.4. The van der Waals surface area contributed by atoms with Crippen LogP contribution in [0, 0.1) is 0 Å². The first-order valence-corrected chi connectivity index (χ1v) is 11.1. The highest BCUT2D eigenvalue weighted by Crippen LogP contribution is 2.29. The van der Waals surface area contributed by atoms with Gasteiger partial charge in [0, 0.05) is 4.83 Å². The first-order valence-electron chi connectivity index (χ1n) is 10.2. The Morgan fingerprint density at radius 1 is 0.708 bits per heavy atom. The Balaban J connectivity index is 1.86. The van der Waals surface area contributed by atoms with Crippen LogP contribution in [0.15, 0.2) is 24.3 Å². The summed E-state index contributed by atoms with van der Waals surface area (Å²) in [5, 5.41) is 9.32. The van der Waals surface area contributed by atoms with E-state index in [-0.39, 0.29) is 0 Å². The van der Waals surface area contributed by atoms with Gasteiger partial charge >= 0.3 is 0 Å². The standard InChI is InChI=1S/C22H37BrO/c1-2-3-4-5-6-7-8-9-10-11-12-13-14-15-22(23)20-16-18-21(24)19-17-20/h16-19,22,24H,2-15H2,1H3. The van der Waals surface area contributed by atoms with Crippen LogP contribution < -0.4 is 0 Å². The van der Waals surface area contributed by atoms with Gasteiger partial charge in [0.25, 0.3) is 0 Å². The van der Waals surface area contributed by atoms with Crippen molar-refractivity contribution in [2.45, 2.75) is 102 Å². The van der Waals surface area contributed by atoms with Crippen LogP contribution in [0.2, 0.25) is 0 Å². The van der Waals surface area contributed by atoms with Crippen molar-refractivity contribution in [2.24, 2.45) is 0 Å². The Labute approximate surface area is 158 Å². The Bertz CT molecular complexity index is 387. The van der Waals surface area contributed by atoms with Crippen molar-refractivity contribution in [3.8, 4) is 5.75 Å². The van der Waals surface area contributed by atoms with Gasteiger partial charge in [-0.05, 0) is 24.1 Å². The van der Waals surface area contributed by atoms with Crippen molar-refractivity contribution in [3.05, 3.63) is 29.8 Å². The van der Waals surface area contributed by atoms with Crippen molar-refractivity contribution in [3.63, 3.8) is 0 Å². The van der Waals surface area contributed by atoms with Gasteiger partial charge in [-0.15, -0.1) is 0 Å². The van der Waals surface area contributed by atoms with Gasteiger partial charge in [0.2, 0.25) is 0 Å². The van der Waals surface area contributed by atoms with Gasteiger partial charge in [-0.3, -0.25) is 0 Å². The summed E-state index contributed by atoms with van der Waals surface area (Å²) in [7, 11) is 0. The SMILES string of the molecule is CCCCCCCCCCCCCCCC(Br)c1ccc(O)cc1. The third-order valence-corrected chi connectivity index (χ3v) is 5.80. The Kier molecular flexibility index (Phi) is 13.3. The van der Waals surface area contributed by atoms with E-state index in [1.165, 1.54) is 95.5 Å². The highest BCUT2D eigenvalue weighted by atomic mass is 79.9. The lowest BCUT2D eigenvalue weighted by Crippen LogP contribution is -1.90. The number of unbranched alkanes of at least 4 members (excludes halogenated alkanes) is 12. The minimum absolute atomic E-state index is 0.347. The van der Waals surface area contributed by atoms with Crippen molar-refractivity contribution in [1.82, 2.24) is 0 Å². The molecule has 1 aromatic carbocycles. The highest BCUT2D eigenvalue weighted by molar-refractivity contribution is 9.09. The second kappa shape index (κ2) is 14.8. The smallest absolute Gasteiger partial charge is 0.115 e. The Morgan fingerprint density at radius 3 is 1.58 bits per heavy atom. The number of hydrogen-bond donors (Lipinski definition) is 1. The quantitative estimate of drug-likeness (QED) is 0.233. The number of phenolic OH excluding ortho intramolecular Hbond substituents is 1. The van der Waals surface area contributed by atoms with Crippen molar-refractivity contribution in [1.29, 1.82) is 0 Å². The molecule has 0 aromatic heterocycles. The molecule has 2 heteroatoms. The minimum Gasteiger partial charge on any atom is -0.508 e. The molecule has 138 valence electrons. The van der Waals surface area contributed by atoms with Crippen LogP contribution in [0.3, 0.4) is 0 Å². The third-order valence-electron chi connectivity index (χ3n) is 4.82. The minimum atomic E-state index is 0.347. The number of aromatic hydroxyl groups is 1. The van der Waals surface area contributed by atoms with E-state index in [1.807, 2.05) is 12.1 Å². The first-order chi connectivity index (χ1) is 11.7. The molecule has 0 saturated heterocycles. The molecule has 1 aromatic rings. The topological polar surface area (TPSA) is 20.2 Å². The van der Waals surface area contributed by atoms with E-state index in [0.717, 1.165) is 0 Å². The molecule has 0 bridgehead atoms. The van der Waals surface area contributed by atoms with E-state index in [2.05, 4.69) is 22.9 Å². The lowest BCUT2D eigenvalue weighted by molar-refractivity contribution is 0.475. The average Bonchev–Trinajstić information content (AvgIpc) is 2.59. The summed E-state index contributed by atoms with van der Waals surface area (Å²) in [6, 6.07) is 7.56. The number of alkyl halides is 1. The zero-order valence-corrected chi connectivity index (χ0v) is 17.2. The molecule has 0 fully saturated rings. The normalized spacial score (nSPS) is 12.4. The van der Waals surface area contributed by atoms with E-state index >= 15 is 0 Å². The second-order valence-electron chi connectivity index (χ2n) is 7.09. The summed E-state index contributed by atoms with van der Waals surface area (Å²) in [6.45, 7) is 2.28. The largest absolute Gasteiger partial charge is 0.508 e. The van der Waals surface area contributed by atoms with E-state index < -0.39 is 0 Å². The molecule has 24 heavy (non-hydrogen) atoms. The van der Waals surface area contributed by atoms with Gasteiger partial charge in [-0.1, -0.05) is 118 Å². The van der Waals surface area contributed by atoms with Gasteiger partial charge < -0.3 is 5.11 Å². The molecule has 0 amide bonds. The lowest BCUT2D eigenvalue weighted by Gasteiger charge is -2.10. The predicted molar refractivity (Wildman–Crippen MR) is 110 cm³/mol. The van der Waals surface area contributed by atoms with Gasteiger partial charge in [0.05, 0.1) is 0 Å². The third kappa shape index (κ3) is 11.1. The molecule has 1 atom stereocenters. The number of halogens is 1. The highest BCUT2D eigenvalue weighted by Gasteiger charge is 2.06. The van der Waals surface area contributed by atoms with Crippen LogP contribution in [0.5, 0.6) is 5.75 Å². The molecule has 0 saturated carbocycles. The maximum absolute atomic E-state index is 9.32. The molecular formula is C22H37BrO. The van der Waals surface area contributed by atoms with E-state index in [0.29, 0.717) is 10.6 Å². The van der Waals surface area contributed by atoms with E-state index in [9.17, 15) is 5.11 Å². The number of hydrogen-bond acceptors (Lipinski definition) is 1. The molecule has 0 aliphatic rings. The van der Waals surface area contributed by atoms with Crippen molar-refractivity contribution < 1.29 is 5.11 Å². The molecule has 0 radical (unpaired) electrons. The number of rotatable bonds is 15. The molecule has 0 aliphatic heterocycles. The van der Waals surface area contributed by atoms with Gasteiger partial charge in [0.15, 0.2) is 0 Å². The van der Waals surface area contributed by atoms with Gasteiger partial charge in [0.1, 0.15) is 5.75 Å². The predicted octanol–water partition coefficient (Wildman–Crippen LogP) is 8.31. The molecule has 1 N–H and O–H groups in total. The number of benzene rings is 1. The van der Waals surface area contributed by atoms with Gasteiger partial charge in [-0.2, -0.15) is 0 Å². The van der Waals surface area contributed by atoms with Crippen molar-refractivity contribution >= 4 is 15.9 Å². The van der Waals surface area contributed by atoms with Crippen LogP contribution >= 0.6 is 15.9 Å². The zero-order valence-electron chi connectivity index (χ0n) is 15.6. The number of phenols is 1. The molecular weight excluding hydrogens is 360 g/mol. The van der Waals surface area contributed by atoms with E-state index in [1.54, 1.807) is 12.1 Å². The maximum atomic E-state index is 9.32.